The molecule has 8 heteroatoms. The Kier molecular flexibility index (Phi) is 4.28. The molecule has 1 heterocycles. The van der Waals surface area contributed by atoms with E-state index in [0.29, 0.717) is 25.2 Å². The Morgan fingerprint density at radius 2 is 2.26 bits per heavy atom. The zero-order chi connectivity index (χ0) is 14.0. The minimum absolute atomic E-state index is 0.205. The molecule has 0 aliphatic heterocycles. The summed E-state index contributed by atoms with van der Waals surface area (Å²) in [5.41, 5.74) is 6.32. The van der Waals surface area contributed by atoms with Gasteiger partial charge in [0.2, 0.25) is 0 Å². The molecule has 0 spiro atoms. The Morgan fingerprint density at radius 1 is 1.53 bits per heavy atom. The first kappa shape index (κ1) is 14.1. The topological polar surface area (TPSA) is 80.0 Å². The summed E-state index contributed by atoms with van der Waals surface area (Å²) in [6.07, 6.45) is 0. The Morgan fingerprint density at radius 3 is 2.84 bits per heavy atom. The van der Waals surface area contributed by atoms with Gasteiger partial charge in [0, 0.05) is 16.5 Å². The van der Waals surface area contributed by atoms with Crippen molar-refractivity contribution in [2.75, 3.05) is 23.4 Å². The second-order valence-electron chi connectivity index (χ2n) is 3.56. The zero-order valence-electron chi connectivity index (χ0n) is 9.83. The van der Waals surface area contributed by atoms with E-state index in [0.717, 1.165) is 0 Å². The van der Waals surface area contributed by atoms with Crippen LogP contribution in [0.4, 0.5) is 16.6 Å². The monoisotopic (exact) mass is 360 g/mol. The van der Waals surface area contributed by atoms with Crippen molar-refractivity contribution in [1.82, 2.24) is 4.98 Å². The van der Waals surface area contributed by atoms with Crippen molar-refractivity contribution >= 4 is 61.4 Å². The van der Waals surface area contributed by atoms with E-state index < -0.39 is 0 Å². The van der Waals surface area contributed by atoms with Crippen molar-refractivity contribution in [3.63, 3.8) is 0 Å². The molecule has 0 radical (unpaired) electrons. The summed E-state index contributed by atoms with van der Waals surface area (Å²) >= 11 is 10.4. The second kappa shape index (κ2) is 5.77. The standard InChI is InChI=1S/C11H10BrClN4OS/c1-15-11-17-9(14)8(19-11)10(18)16-7-3-2-5(13)4-6(7)12/h2-4H,14H2,1H3,(H,15,17)(H,16,18). The minimum Gasteiger partial charge on any atom is -0.382 e. The second-order valence-corrected chi connectivity index (χ2v) is 5.85. The number of carbonyl (C=O) groups is 1. The van der Waals surface area contributed by atoms with Gasteiger partial charge in [-0.05, 0) is 34.1 Å². The molecule has 100 valence electrons. The predicted molar refractivity (Wildman–Crippen MR) is 83.2 cm³/mol. The molecule has 2 rings (SSSR count). The van der Waals surface area contributed by atoms with Crippen LogP contribution in [0.5, 0.6) is 0 Å². The molecule has 0 aliphatic rings. The van der Waals surface area contributed by atoms with Crippen LogP contribution >= 0.6 is 38.9 Å². The molecule has 2 aromatic rings. The summed E-state index contributed by atoms with van der Waals surface area (Å²) in [6.45, 7) is 0. The highest BCUT2D eigenvalue weighted by Gasteiger charge is 2.16. The number of thiazole rings is 1. The molecule has 19 heavy (non-hydrogen) atoms. The van der Waals surface area contributed by atoms with Crippen molar-refractivity contribution in [3.8, 4) is 0 Å². The Hall–Kier alpha value is -1.31. The lowest BCUT2D eigenvalue weighted by Crippen LogP contribution is -2.12. The summed E-state index contributed by atoms with van der Waals surface area (Å²) in [5, 5.41) is 6.77. The number of hydrogen-bond donors (Lipinski definition) is 3. The Balaban J connectivity index is 2.23. The number of anilines is 3. The summed E-state index contributed by atoms with van der Waals surface area (Å²) < 4.78 is 0.699. The SMILES string of the molecule is CNc1nc(N)c(C(=O)Nc2ccc(Cl)cc2Br)s1. The number of nitrogens with zero attached hydrogens (tertiary/aromatic N) is 1. The first-order chi connectivity index (χ1) is 9.01. The number of halogens is 2. The number of benzene rings is 1. The molecule has 0 aliphatic carbocycles. The minimum atomic E-state index is -0.306. The van der Waals surface area contributed by atoms with Gasteiger partial charge in [0.05, 0.1) is 5.69 Å². The third-order valence-corrected chi connectivity index (χ3v) is 4.23. The summed E-state index contributed by atoms with van der Waals surface area (Å²) in [5.74, 6) is -0.101. The first-order valence-corrected chi connectivity index (χ1v) is 7.20. The average molecular weight is 362 g/mol. The molecule has 1 aromatic heterocycles. The number of nitrogen functional groups attached to an aromatic ring is 1. The van der Waals surface area contributed by atoms with Gasteiger partial charge in [0.25, 0.3) is 5.91 Å². The van der Waals surface area contributed by atoms with E-state index >= 15 is 0 Å². The number of nitrogens with two attached hydrogens (primary N) is 1. The van der Waals surface area contributed by atoms with Gasteiger partial charge in [0.1, 0.15) is 10.7 Å². The van der Waals surface area contributed by atoms with Crippen LogP contribution in [-0.2, 0) is 0 Å². The average Bonchev–Trinajstić information content (AvgIpc) is 2.74. The molecule has 4 N–H and O–H groups in total. The highest BCUT2D eigenvalue weighted by Crippen LogP contribution is 2.29. The van der Waals surface area contributed by atoms with E-state index in [1.165, 1.54) is 11.3 Å². The molecular weight excluding hydrogens is 352 g/mol. The zero-order valence-corrected chi connectivity index (χ0v) is 13.0. The fraction of sp³-hybridized carbons (Fsp3) is 0.0909. The summed E-state index contributed by atoms with van der Waals surface area (Å²) in [6, 6.07) is 5.10. The van der Waals surface area contributed by atoms with Crippen LogP contribution in [0.15, 0.2) is 22.7 Å². The third kappa shape index (κ3) is 3.17. The van der Waals surface area contributed by atoms with Gasteiger partial charge in [-0.15, -0.1) is 0 Å². The van der Waals surface area contributed by atoms with E-state index in [9.17, 15) is 4.79 Å². The molecule has 5 nitrogen and oxygen atoms in total. The van der Waals surface area contributed by atoms with Crippen molar-refractivity contribution < 1.29 is 4.79 Å². The van der Waals surface area contributed by atoms with E-state index in [-0.39, 0.29) is 11.7 Å². The van der Waals surface area contributed by atoms with E-state index in [2.05, 4.69) is 31.5 Å². The lowest BCUT2D eigenvalue weighted by molar-refractivity contribution is 0.103. The predicted octanol–water partition coefficient (Wildman–Crippen LogP) is 3.44. The normalized spacial score (nSPS) is 10.3. The van der Waals surface area contributed by atoms with Crippen LogP contribution in [0.1, 0.15) is 9.67 Å². The third-order valence-electron chi connectivity index (χ3n) is 2.25. The molecule has 0 saturated carbocycles. The number of amides is 1. The molecule has 1 amide bonds. The van der Waals surface area contributed by atoms with Crippen LogP contribution in [0.25, 0.3) is 0 Å². The van der Waals surface area contributed by atoms with Gasteiger partial charge < -0.3 is 16.4 Å². The maximum Gasteiger partial charge on any atom is 0.269 e. The summed E-state index contributed by atoms with van der Waals surface area (Å²) in [7, 11) is 1.72. The number of nitrogens with one attached hydrogen (secondary N) is 2. The number of carbonyl (C=O) groups excluding carboxylic acids is 1. The van der Waals surface area contributed by atoms with Crippen LogP contribution in [-0.4, -0.2) is 17.9 Å². The van der Waals surface area contributed by atoms with Crippen LogP contribution in [0.3, 0.4) is 0 Å². The van der Waals surface area contributed by atoms with Gasteiger partial charge in [-0.2, -0.15) is 0 Å². The van der Waals surface area contributed by atoms with Gasteiger partial charge in [-0.25, -0.2) is 4.98 Å². The van der Waals surface area contributed by atoms with Gasteiger partial charge in [0.15, 0.2) is 5.13 Å². The molecular formula is C11H10BrClN4OS. The largest absolute Gasteiger partial charge is 0.382 e. The maximum atomic E-state index is 12.1. The van der Waals surface area contributed by atoms with E-state index in [4.69, 9.17) is 17.3 Å². The van der Waals surface area contributed by atoms with Crippen LogP contribution in [0, 0.1) is 0 Å². The maximum absolute atomic E-state index is 12.1. The smallest absolute Gasteiger partial charge is 0.269 e. The molecule has 1 aromatic carbocycles. The Labute approximate surface area is 127 Å². The lowest BCUT2D eigenvalue weighted by Gasteiger charge is -2.06. The fourth-order valence-corrected chi connectivity index (χ4v) is 2.89. The van der Waals surface area contributed by atoms with Gasteiger partial charge in [-0.1, -0.05) is 22.9 Å². The number of rotatable bonds is 3. The van der Waals surface area contributed by atoms with Crippen LogP contribution < -0.4 is 16.4 Å². The fourth-order valence-electron chi connectivity index (χ4n) is 1.37. The van der Waals surface area contributed by atoms with E-state index in [1.54, 1.807) is 25.2 Å². The van der Waals surface area contributed by atoms with Crippen LogP contribution in [0.2, 0.25) is 5.02 Å². The molecule has 0 unspecified atom stereocenters. The van der Waals surface area contributed by atoms with Crippen molar-refractivity contribution in [2.45, 2.75) is 0 Å². The van der Waals surface area contributed by atoms with Crippen molar-refractivity contribution in [2.24, 2.45) is 0 Å². The highest BCUT2D eigenvalue weighted by atomic mass is 79.9. The molecule has 0 saturated heterocycles. The van der Waals surface area contributed by atoms with Crippen molar-refractivity contribution in [3.05, 3.63) is 32.6 Å². The van der Waals surface area contributed by atoms with E-state index in [1.807, 2.05) is 0 Å². The lowest BCUT2D eigenvalue weighted by atomic mass is 10.3. The number of hydrogen-bond acceptors (Lipinski definition) is 5. The molecule has 0 atom stereocenters. The van der Waals surface area contributed by atoms with Gasteiger partial charge >= 0.3 is 0 Å². The highest BCUT2D eigenvalue weighted by molar-refractivity contribution is 9.10. The number of aromatic nitrogens is 1. The Bertz CT molecular complexity index is 631. The van der Waals surface area contributed by atoms with Crippen molar-refractivity contribution in [1.29, 1.82) is 0 Å². The first-order valence-electron chi connectivity index (χ1n) is 5.21. The molecule has 0 fully saturated rings. The quantitative estimate of drug-likeness (QED) is 0.782. The van der Waals surface area contributed by atoms with Gasteiger partial charge in [-0.3, -0.25) is 4.79 Å². The summed E-state index contributed by atoms with van der Waals surface area (Å²) in [4.78, 5) is 16.5. The molecule has 0 bridgehead atoms.